The maximum absolute atomic E-state index is 13.1. The predicted molar refractivity (Wildman–Crippen MR) is 120 cm³/mol. The third-order valence-corrected chi connectivity index (χ3v) is 6.47. The maximum Gasteiger partial charge on any atom is 0.391 e. The van der Waals surface area contributed by atoms with E-state index >= 15 is 0 Å². The lowest BCUT2D eigenvalue weighted by Crippen LogP contribution is -2.43. The summed E-state index contributed by atoms with van der Waals surface area (Å²) in [6.07, 6.45) is 1.48. The highest BCUT2D eigenvalue weighted by Crippen LogP contribution is 2.37. The minimum absolute atomic E-state index is 0.0974. The standard InChI is InChI=1S/C23H35F3N2S/c1-5-15(6-2)18-12-16(7-3)21(17(8-4)13-18)28-22(29)27-20-11-9-10-19(14-20)23(24,25)26/h12-13,15,19-20H,5-11,14H2,1-4H3,(H2,27,28,29). The fraction of sp³-hybridized carbons (Fsp3) is 0.696. The van der Waals surface area contributed by atoms with Crippen LogP contribution < -0.4 is 10.6 Å². The number of hydrogen-bond acceptors (Lipinski definition) is 1. The molecule has 2 unspecified atom stereocenters. The minimum Gasteiger partial charge on any atom is -0.360 e. The van der Waals surface area contributed by atoms with Crippen LogP contribution in [0.4, 0.5) is 18.9 Å². The van der Waals surface area contributed by atoms with Crippen molar-refractivity contribution < 1.29 is 13.2 Å². The van der Waals surface area contributed by atoms with Crippen LogP contribution in [0.1, 0.15) is 88.8 Å². The first-order valence-corrected chi connectivity index (χ1v) is 11.4. The van der Waals surface area contributed by atoms with Gasteiger partial charge in [0.15, 0.2) is 5.11 Å². The van der Waals surface area contributed by atoms with E-state index in [-0.39, 0.29) is 18.9 Å². The smallest absolute Gasteiger partial charge is 0.360 e. The van der Waals surface area contributed by atoms with E-state index in [0.29, 0.717) is 17.5 Å². The molecule has 0 bridgehead atoms. The number of hydrogen-bond donors (Lipinski definition) is 2. The summed E-state index contributed by atoms with van der Waals surface area (Å²) in [7, 11) is 0. The first-order chi connectivity index (χ1) is 13.7. The van der Waals surface area contributed by atoms with Crippen LogP contribution in [0.5, 0.6) is 0 Å². The van der Waals surface area contributed by atoms with Crippen molar-refractivity contribution in [1.29, 1.82) is 0 Å². The molecule has 29 heavy (non-hydrogen) atoms. The molecule has 1 aromatic rings. The van der Waals surface area contributed by atoms with Gasteiger partial charge in [0.05, 0.1) is 5.92 Å². The average Bonchev–Trinajstić information content (AvgIpc) is 2.69. The van der Waals surface area contributed by atoms with Gasteiger partial charge >= 0.3 is 6.18 Å². The van der Waals surface area contributed by atoms with E-state index < -0.39 is 12.1 Å². The zero-order chi connectivity index (χ0) is 21.6. The number of rotatable bonds is 7. The molecule has 1 aliphatic rings. The van der Waals surface area contributed by atoms with Gasteiger partial charge in [-0.05, 0) is 79.8 Å². The Bertz CT molecular complexity index is 658. The van der Waals surface area contributed by atoms with Crippen molar-refractivity contribution in [2.45, 2.75) is 97.2 Å². The van der Waals surface area contributed by atoms with Gasteiger partial charge in [-0.3, -0.25) is 0 Å². The average molecular weight is 429 g/mol. The summed E-state index contributed by atoms with van der Waals surface area (Å²) in [5.74, 6) is -0.681. The highest BCUT2D eigenvalue weighted by Gasteiger charge is 2.42. The van der Waals surface area contributed by atoms with Crippen LogP contribution in [0, 0.1) is 5.92 Å². The molecule has 0 radical (unpaired) electrons. The lowest BCUT2D eigenvalue weighted by molar-refractivity contribution is -0.183. The van der Waals surface area contributed by atoms with Crippen LogP contribution in [-0.4, -0.2) is 17.3 Å². The first kappa shape index (κ1) is 24.0. The largest absolute Gasteiger partial charge is 0.391 e. The molecule has 0 heterocycles. The van der Waals surface area contributed by atoms with Gasteiger partial charge in [-0.15, -0.1) is 0 Å². The Balaban J connectivity index is 2.14. The number of nitrogens with one attached hydrogen (secondary N) is 2. The van der Waals surface area contributed by atoms with Gasteiger partial charge in [0.1, 0.15) is 0 Å². The van der Waals surface area contributed by atoms with E-state index in [1.807, 2.05) is 0 Å². The molecule has 1 saturated carbocycles. The highest BCUT2D eigenvalue weighted by molar-refractivity contribution is 7.80. The molecule has 0 aliphatic heterocycles. The Hall–Kier alpha value is -1.30. The molecule has 6 heteroatoms. The molecule has 0 spiro atoms. The van der Waals surface area contributed by atoms with Crippen LogP contribution in [0.2, 0.25) is 0 Å². The number of halogens is 3. The third-order valence-electron chi connectivity index (χ3n) is 6.25. The molecule has 1 fully saturated rings. The van der Waals surface area contributed by atoms with Crippen molar-refractivity contribution in [3.8, 4) is 0 Å². The monoisotopic (exact) mass is 428 g/mol. The van der Waals surface area contributed by atoms with Crippen LogP contribution in [0.15, 0.2) is 12.1 Å². The van der Waals surface area contributed by atoms with Gasteiger partial charge in [-0.2, -0.15) is 13.2 Å². The van der Waals surface area contributed by atoms with Gasteiger partial charge in [-0.1, -0.05) is 46.2 Å². The van der Waals surface area contributed by atoms with Crippen LogP contribution in [0.25, 0.3) is 0 Å². The van der Waals surface area contributed by atoms with Crippen LogP contribution >= 0.6 is 12.2 Å². The zero-order valence-electron chi connectivity index (χ0n) is 18.1. The lowest BCUT2D eigenvalue weighted by atomic mass is 9.85. The summed E-state index contributed by atoms with van der Waals surface area (Å²) in [6.45, 7) is 8.69. The normalized spacial score (nSPS) is 20.0. The van der Waals surface area contributed by atoms with Crippen molar-refractivity contribution >= 4 is 23.0 Å². The number of anilines is 1. The maximum atomic E-state index is 13.1. The Morgan fingerprint density at radius 1 is 1.07 bits per heavy atom. The molecular weight excluding hydrogens is 393 g/mol. The molecule has 1 aromatic carbocycles. The number of benzene rings is 1. The van der Waals surface area contributed by atoms with E-state index in [9.17, 15) is 13.2 Å². The second-order valence-corrected chi connectivity index (χ2v) is 8.54. The van der Waals surface area contributed by atoms with Crippen molar-refractivity contribution in [2.75, 3.05) is 5.32 Å². The molecule has 0 aromatic heterocycles. The molecule has 2 nitrogen and oxygen atoms in total. The fourth-order valence-corrected chi connectivity index (χ4v) is 4.73. The summed E-state index contributed by atoms with van der Waals surface area (Å²) < 4.78 is 39.2. The molecule has 0 amide bonds. The Labute approximate surface area is 179 Å². The number of thiocarbonyl (C=S) groups is 1. The van der Waals surface area contributed by atoms with Gasteiger partial charge in [-0.25, -0.2) is 0 Å². The second-order valence-electron chi connectivity index (χ2n) is 8.14. The second kappa shape index (κ2) is 10.6. The Morgan fingerprint density at radius 2 is 1.66 bits per heavy atom. The van der Waals surface area contributed by atoms with Crippen LogP contribution in [0.3, 0.4) is 0 Å². The SMILES string of the molecule is CCc1cc(C(CC)CC)cc(CC)c1NC(=S)NC1CCCC(C(F)(F)F)C1. The van der Waals surface area contributed by atoms with Gasteiger partial charge in [0.25, 0.3) is 0 Å². The first-order valence-electron chi connectivity index (χ1n) is 11.0. The highest BCUT2D eigenvalue weighted by atomic mass is 32.1. The van der Waals surface area contributed by atoms with Crippen molar-refractivity contribution in [3.63, 3.8) is 0 Å². The number of alkyl halides is 3. The van der Waals surface area contributed by atoms with Crippen molar-refractivity contribution in [2.24, 2.45) is 5.92 Å². The Morgan fingerprint density at radius 3 is 2.14 bits per heavy atom. The fourth-order valence-electron chi connectivity index (χ4n) is 4.46. The molecule has 164 valence electrons. The van der Waals surface area contributed by atoms with E-state index in [2.05, 4.69) is 50.5 Å². The van der Waals surface area contributed by atoms with E-state index in [1.54, 1.807) is 0 Å². The molecule has 1 aliphatic carbocycles. The van der Waals surface area contributed by atoms with E-state index in [4.69, 9.17) is 12.2 Å². The summed E-state index contributed by atoms with van der Waals surface area (Å²) in [4.78, 5) is 0. The minimum atomic E-state index is -4.12. The summed E-state index contributed by atoms with van der Waals surface area (Å²) in [5.41, 5.74) is 4.82. The molecule has 2 atom stereocenters. The summed E-state index contributed by atoms with van der Waals surface area (Å²) >= 11 is 5.49. The zero-order valence-corrected chi connectivity index (χ0v) is 18.9. The molecule has 2 N–H and O–H groups in total. The predicted octanol–water partition coefficient (Wildman–Crippen LogP) is 7.12. The van der Waals surface area contributed by atoms with E-state index in [1.165, 1.54) is 16.7 Å². The van der Waals surface area contributed by atoms with Crippen LogP contribution in [-0.2, 0) is 12.8 Å². The van der Waals surface area contributed by atoms with Gasteiger partial charge < -0.3 is 10.6 Å². The molecule has 2 rings (SSSR count). The molecule has 0 saturated heterocycles. The van der Waals surface area contributed by atoms with Crippen molar-refractivity contribution in [1.82, 2.24) is 5.32 Å². The van der Waals surface area contributed by atoms with E-state index in [0.717, 1.165) is 37.8 Å². The third kappa shape index (κ3) is 6.34. The van der Waals surface area contributed by atoms with Gasteiger partial charge in [0.2, 0.25) is 0 Å². The topological polar surface area (TPSA) is 24.1 Å². The lowest BCUT2D eigenvalue weighted by Gasteiger charge is -2.32. The number of aryl methyl sites for hydroxylation is 2. The van der Waals surface area contributed by atoms with Crippen molar-refractivity contribution in [3.05, 3.63) is 28.8 Å². The molecular formula is C23H35F3N2S. The quantitative estimate of drug-likeness (QED) is 0.452. The summed E-state index contributed by atoms with van der Waals surface area (Å²) in [6, 6.07) is 4.30. The van der Waals surface area contributed by atoms with Gasteiger partial charge in [0, 0.05) is 11.7 Å². The Kier molecular flexibility index (Phi) is 8.80. The summed E-state index contributed by atoms with van der Waals surface area (Å²) in [5, 5.41) is 6.90.